The van der Waals surface area contributed by atoms with Gasteiger partial charge in [-0.3, -0.25) is 15.1 Å². The molecule has 8 heteroatoms. The van der Waals surface area contributed by atoms with Crippen molar-refractivity contribution in [2.45, 2.75) is 0 Å². The van der Waals surface area contributed by atoms with E-state index in [1.165, 1.54) is 18.2 Å². The van der Waals surface area contributed by atoms with Crippen LogP contribution in [0.4, 0.5) is 5.69 Å². The summed E-state index contributed by atoms with van der Waals surface area (Å²) in [4.78, 5) is 18.3. The highest BCUT2D eigenvalue weighted by Gasteiger charge is 2.16. The van der Waals surface area contributed by atoms with E-state index in [-0.39, 0.29) is 16.6 Å². The van der Waals surface area contributed by atoms with E-state index in [0.29, 0.717) is 17.0 Å². The predicted molar refractivity (Wildman–Crippen MR) is 74.6 cm³/mol. The van der Waals surface area contributed by atoms with E-state index >= 15 is 0 Å². The second-order valence-electron chi connectivity index (χ2n) is 4.09. The van der Waals surface area contributed by atoms with Gasteiger partial charge in [-0.15, -0.1) is 0 Å². The Kier molecular flexibility index (Phi) is 3.33. The molecule has 0 saturated heterocycles. The molecule has 104 valence electrons. The third-order valence-corrected chi connectivity index (χ3v) is 3.05. The monoisotopic (exact) mass is 302 g/mol. The highest BCUT2D eigenvalue weighted by Crippen LogP contribution is 2.31. The van der Waals surface area contributed by atoms with Crippen molar-refractivity contribution in [2.75, 3.05) is 0 Å². The normalized spacial score (nSPS) is 10.5. The molecule has 21 heavy (non-hydrogen) atoms. The molecular weight excluding hydrogens is 296 g/mol. The first-order valence-corrected chi connectivity index (χ1v) is 6.21. The van der Waals surface area contributed by atoms with Crippen molar-refractivity contribution in [1.82, 2.24) is 15.1 Å². The molecule has 2 heterocycles. The fourth-order valence-electron chi connectivity index (χ4n) is 1.74. The average molecular weight is 303 g/mol. The molecular formula is C13H7ClN4O3. The zero-order valence-electron chi connectivity index (χ0n) is 10.4. The van der Waals surface area contributed by atoms with Gasteiger partial charge in [-0.25, -0.2) is 0 Å². The van der Waals surface area contributed by atoms with Gasteiger partial charge in [0.25, 0.3) is 11.6 Å². The summed E-state index contributed by atoms with van der Waals surface area (Å²) in [6.45, 7) is 0. The third kappa shape index (κ3) is 2.59. The lowest BCUT2D eigenvalue weighted by Gasteiger charge is -1.98. The maximum absolute atomic E-state index is 10.7. The predicted octanol–water partition coefficient (Wildman–Crippen LogP) is 3.36. The van der Waals surface area contributed by atoms with Gasteiger partial charge in [0.1, 0.15) is 0 Å². The fraction of sp³-hybridized carbons (Fsp3) is 0. The molecule has 0 aliphatic heterocycles. The highest BCUT2D eigenvalue weighted by molar-refractivity contribution is 6.33. The van der Waals surface area contributed by atoms with Crippen molar-refractivity contribution in [2.24, 2.45) is 0 Å². The number of hydrogen-bond donors (Lipinski definition) is 0. The van der Waals surface area contributed by atoms with Crippen LogP contribution in [0, 0.1) is 10.1 Å². The van der Waals surface area contributed by atoms with Crippen LogP contribution in [0.2, 0.25) is 5.02 Å². The largest absolute Gasteiger partial charge is 0.334 e. The minimum Gasteiger partial charge on any atom is -0.334 e. The molecule has 7 nitrogen and oxygen atoms in total. The van der Waals surface area contributed by atoms with Gasteiger partial charge >= 0.3 is 0 Å². The van der Waals surface area contributed by atoms with Gasteiger partial charge in [-0.1, -0.05) is 16.8 Å². The van der Waals surface area contributed by atoms with E-state index in [9.17, 15) is 10.1 Å². The Balaban J connectivity index is 1.99. The summed E-state index contributed by atoms with van der Waals surface area (Å²) in [6, 6.07) is 7.59. The number of nitro groups is 1. The number of benzene rings is 1. The first kappa shape index (κ1) is 13.2. The lowest BCUT2D eigenvalue weighted by Crippen LogP contribution is -1.88. The molecule has 1 aromatic carbocycles. The van der Waals surface area contributed by atoms with Gasteiger partial charge in [-0.2, -0.15) is 4.98 Å². The molecule has 0 aliphatic rings. The Bertz CT molecular complexity index is 804. The molecule has 0 spiro atoms. The Morgan fingerprint density at radius 3 is 2.81 bits per heavy atom. The van der Waals surface area contributed by atoms with E-state index in [0.717, 1.165) is 0 Å². The number of nitro benzene ring substituents is 1. The van der Waals surface area contributed by atoms with E-state index in [1.54, 1.807) is 24.5 Å². The van der Waals surface area contributed by atoms with Gasteiger partial charge < -0.3 is 4.52 Å². The Morgan fingerprint density at radius 2 is 2.14 bits per heavy atom. The van der Waals surface area contributed by atoms with Gasteiger partial charge in [0.2, 0.25) is 5.82 Å². The minimum absolute atomic E-state index is 0.101. The van der Waals surface area contributed by atoms with Crippen molar-refractivity contribution in [3.05, 3.63) is 57.9 Å². The first-order chi connectivity index (χ1) is 10.1. The smallest absolute Gasteiger partial charge is 0.270 e. The summed E-state index contributed by atoms with van der Waals surface area (Å²) in [5.41, 5.74) is 1.03. The van der Waals surface area contributed by atoms with Crippen molar-refractivity contribution in [3.63, 3.8) is 0 Å². The third-order valence-electron chi connectivity index (χ3n) is 2.74. The van der Waals surface area contributed by atoms with Crippen LogP contribution in [-0.2, 0) is 0 Å². The zero-order chi connectivity index (χ0) is 14.8. The molecule has 0 saturated carbocycles. The highest BCUT2D eigenvalue weighted by atomic mass is 35.5. The number of pyridine rings is 1. The topological polar surface area (TPSA) is 95.0 Å². The van der Waals surface area contributed by atoms with Crippen LogP contribution in [0.15, 0.2) is 47.2 Å². The van der Waals surface area contributed by atoms with Crippen LogP contribution in [0.25, 0.3) is 22.8 Å². The molecule has 0 unspecified atom stereocenters. The molecule has 0 fully saturated rings. The number of non-ortho nitro benzene ring substituents is 1. The van der Waals surface area contributed by atoms with Crippen LogP contribution >= 0.6 is 11.6 Å². The average Bonchev–Trinajstić information content (AvgIpc) is 2.97. The number of aromatic nitrogens is 3. The maximum atomic E-state index is 10.7. The van der Waals surface area contributed by atoms with Gasteiger partial charge in [0, 0.05) is 30.1 Å². The number of rotatable bonds is 3. The quantitative estimate of drug-likeness (QED) is 0.544. The van der Waals surface area contributed by atoms with Crippen LogP contribution < -0.4 is 0 Å². The number of hydrogen-bond acceptors (Lipinski definition) is 6. The van der Waals surface area contributed by atoms with E-state index < -0.39 is 4.92 Å². The summed E-state index contributed by atoms with van der Waals surface area (Å²) in [6.07, 6.45) is 3.24. The molecule has 0 atom stereocenters. The Labute approximate surface area is 123 Å². The summed E-state index contributed by atoms with van der Waals surface area (Å²) in [5.74, 6) is 0.557. The van der Waals surface area contributed by atoms with E-state index in [1.807, 2.05) is 0 Å². The summed E-state index contributed by atoms with van der Waals surface area (Å²) in [5, 5.41) is 14.7. The van der Waals surface area contributed by atoms with E-state index in [2.05, 4.69) is 15.1 Å². The van der Waals surface area contributed by atoms with E-state index in [4.69, 9.17) is 16.1 Å². The summed E-state index contributed by atoms with van der Waals surface area (Å²) >= 11 is 6.02. The van der Waals surface area contributed by atoms with Crippen LogP contribution in [-0.4, -0.2) is 20.0 Å². The van der Waals surface area contributed by atoms with Crippen LogP contribution in [0.1, 0.15) is 0 Å². The zero-order valence-corrected chi connectivity index (χ0v) is 11.2. The molecule has 3 rings (SSSR count). The number of nitrogens with zero attached hydrogens (tertiary/aromatic N) is 4. The van der Waals surface area contributed by atoms with Crippen molar-refractivity contribution in [1.29, 1.82) is 0 Å². The van der Waals surface area contributed by atoms with Crippen molar-refractivity contribution in [3.8, 4) is 22.8 Å². The van der Waals surface area contributed by atoms with Crippen LogP contribution in [0.3, 0.4) is 0 Å². The first-order valence-electron chi connectivity index (χ1n) is 5.83. The maximum Gasteiger partial charge on any atom is 0.270 e. The molecule has 0 N–H and O–H groups in total. The lowest BCUT2D eigenvalue weighted by atomic mass is 10.2. The molecule has 0 bridgehead atoms. The standard InChI is InChI=1S/C13H7ClN4O3/c14-11-6-9(18(19)20)3-4-10(11)13-16-12(17-21-13)8-2-1-5-15-7-8/h1-7H. The molecule has 0 aliphatic carbocycles. The lowest BCUT2D eigenvalue weighted by molar-refractivity contribution is -0.384. The Morgan fingerprint density at radius 1 is 1.29 bits per heavy atom. The van der Waals surface area contributed by atoms with Gasteiger partial charge in [-0.05, 0) is 18.2 Å². The Hall–Kier alpha value is -2.80. The summed E-state index contributed by atoms with van der Waals surface area (Å²) < 4.78 is 5.14. The van der Waals surface area contributed by atoms with Crippen molar-refractivity contribution < 1.29 is 9.45 Å². The SMILES string of the molecule is O=[N+]([O-])c1ccc(-c2nc(-c3cccnc3)no2)c(Cl)c1. The minimum atomic E-state index is -0.523. The molecule has 3 aromatic rings. The number of halogens is 1. The summed E-state index contributed by atoms with van der Waals surface area (Å²) in [7, 11) is 0. The van der Waals surface area contributed by atoms with Gasteiger partial charge in [0.15, 0.2) is 0 Å². The second-order valence-corrected chi connectivity index (χ2v) is 4.49. The fourth-order valence-corrected chi connectivity index (χ4v) is 1.99. The molecule has 0 amide bonds. The molecule has 0 radical (unpaired) electrons. The van der Waals surface area contributed by atoms with Gasteiger partial charge in [0.05, 0.1) is 15.5 Å². The second kappa shape index (κ2) is 5.29. The van der Waals surface area contributed by atoms with Crippen LogP contribution in [0.5, 0.6) is 0 Å². The van der Waals surface area contributed by atoms with Crippen molar-refractivity contribution >= 4 is 17.3 Å². The molecule has 2 aromatic heterocycles.